The first-order valence-electron chi connectivity index (χ1n) is 8.06. The summed E-state index contributed by atoms with van der Waals surface area (Å²) in [6.07, 6.45) is 1.64. The number of anilines is 1. The Morgan fingerprint density at radius 3 is 2.92 bits per heavy atom. The Labute approximate surface area is 145 Å². The number of Topliss-reactive ketones (excluding diaryl/α,β-unsaturated/α-hetero) is 1. The highest BCUT2D eigenvalue weighted by Gasteiger charge is 2.38. The van der Waals surface area contributed by atoms with Crippen LogP contribution in [0.3, 0.4) is 0 Å². The molecule has 1 atom stereocenters. The molecule has 0 aliphatic carbocycles. The van der Waals surface area contributed by atoms with E-state index in [9.17, 15) is 14.4 Å². The standard InChI is InChI=1S/C17H19ClN2O4/c1-2-24-17(23)11-4-3-7-19(9-11)10-20-14-6-5-12(18)8-13(14)15(21)16(20)22/h5-6,8,11H,2-4,7,9-10H2,1H3/t11-/m1/s1. The van der Waals surface area contributed by atoms with Crippen molar-refractivity contribution in [1.82, 2.24) is 4.90 Å². The molecular formula is C17H19ClN2O4. The minimum Gasteiger partial charge on any atom is -0.466 e. The molecule has 0 bridgehead atoms. The maximum Gasteiger partial charge on any atom is 0.310 e. The van der Waals surface area contributed by atoms with Gasteiger partial charge in [-0.15, -0.1) is 0 Å². The van der Waals surface area contributed by atoms with Crippen molar-refractivity contribution in [3.8, 4) is 0 Å². The molecule has 1 fully saturated rings. The lowest BCUT2D eigenvalue weighted by Crippen LogP contribution is -2.46. The second kappa shape index (κ2) is 6.91. The summed E-state index contributed by atoms with van der Waals surface area (Å²) < 4.78 is 5.09. The fourth-order valence-electron chi connectivity index (χ4n) is 3.25. The number of carbonyl (C=O) groups is 3. The zero-order valence-corrected chi connectivity index (χ0v) is 14.2. The van der Waals surface area contributed by atoms with Gasteiger partial charge in [-0.3, -0.25) is 24.2 Å². The number of likely N-dealkylation sites (tertiary alicyclic amines) is 1. The van der Waals surface area contributed by atoms with E-state index in [0.717, 1.165) is 19.4 Å². The predicted molar refractivity (Wildman–Crippen MR) is 89.1 cm³/mol. The van der Waals surface area contributed by atoms with E-state index in [1.165, 1.54) is 11.0 Å². The lowest BCUT2D eigenvalue weighted by atomic mass is 9.98. The van der Waals surface area contributed by atoms with Gasteiger partial charge in [0.2, 0.25) is 0 Å². The first kappa shape index (κ1) is 16.9. The predicted octanol–water partition coefficient (Wildman–Crippen LogP) is 2.10. The number of hydrogen-bond donors (Lipinski definition) is 0. The smallest absolute Gasteiger partial charge is 0.310 e. The van der Waals surface area contributed by atoms with Crippen LogP contribution in [-0.2, 0) is 14.3 Å². The van der Waals surface area contributed by atoms with Crippen molar-refractivity contribution in [3.05, 3.63) is 28.8 Å². The van der Waals surface area contributed by atoms with Crippen LogP contribution in [0.1, 0.15) is 30.1 Å². The number of ether oxygens (including phenoxy) is 1. The van der Waals surface area contributed by atoms with E-state index in [0.29, 0.717) is 29.4 Å². The van der Waals surface area contributed by atoms with Crippen molar-refractivity contribution >= 4 is 34.9 Å². The van der Waals surface area contributed by atoms with Gasteiger partial charge in [-0.2, -0.15) is 0 Å². The molecule has 1 saturated heterocycles. The van der Waals surface area contributed by atoms with Crippen molar-refractivity contribution in [2.45, 2.75) is 19.8 Å². The number of nitrogens with zero attached hydrogens (tertiary/aromatic N) is 2. The molecule has 7 heteroatoms. The maximum atomic E-state index is 12.3. The molecule has 0 spiro atoms. The van der Waals surface area contributed by atoms with Gasteiger partial charge < -0.3 is 4.74 Å². The zero-order chi connectivity index (χ0) is 17.3. The largest absolute Gasteiger partial charge is 0.466 e. The molecule has 3 rings (SSSR count). The van der Waals surface area contributed by atoms with Gasteiger partial charge in [0.25, 0.3) is 5.78 Å². The van der Waals surface area contributed by atoms with Gasteiger partial charge in [-0.25, -0.2) is 0 Å². The van der Waals surface area contributed by atoms with Crippen LogP contribution >= 0.6 is 11.6 Å². The summed E-state index contributed by atoms with van der Waals surface area (Å²) in [4.78, 5) is 39.8. The fraction of sp³-hybridized carbons (Fsp3) is 0.471. The maximum absolute atomic E-state index is 12.3. The van der Waals surface area contributed by atoms with E-state index in [1.54, 1.807) is 19.1 Å². The third-order valence-corrected chi connectivity index (χ3v) is 4.64. The van der Waals surface area contributed by atoms with E-state index in [4.69, 9.17) is 16.3 Å². The number of fused-ring (bicyclic) bond motifs is 1. The summed E-state index contributed by atoms with van der Waals surface area (Å²) in [5.74, 6) is -1.47. The lowest BCUT2D eigenvalue weighted by Gasteiger charge is -2.34. The van der Waals surface area contributed by atoms with E-state index < -0.39 is 11.7 Å². The Kier molecular flexibility index (Phi) is 4.87. The van der Waals surface area contributed by atoms with Crippen LogP contribution in [0.25, 0.3) is 0 Å². The molecule has 2 heterocycles. The average molecular weight is 351 g/mol. The highest BCUT2D eigenvalue weighted by Crippen LogP contribution is 2.32. The molecule has 6 nitrogen and oxygen atoms in total. The van der Waals surface area contributed by atoms with Gasteiger partial charge in [0.1, 0.15) is 0 Å². The van der Waals surface area contributed by atoms with Crippen molar-refractivity contribution in [1.29, 1.82) is 0 Å². The van der Waals surface area contributed by atoms with Crippen LogP contribution in [-0.4, -0.2) is 48.9 Å². The molecule has 2 aliphatic heterocycles. The molecule has 0 aromatic heterocycles. The summed E-state index contributed by atoms with van der Waals surface area (Å²) in [5.41, 5.74) is 0.916. The molecule has 1 aromatic rings. The van der Waals surface area contributed by atoms with Crippen LogP contribution in [0.2, 0.25) is 5.02 Å². The number of benzene rings is 1. The van der Waals surface area contributed by atoms with E-state index in [2.05, 4.69) is 0 Å². The van der Waals surface area contributed by atoms with Crippen molar-refractivity contribution < 1.29 is 19.1 Å². The molecule has 2 aliphatic rings. The number of hydrogen-bond acceptors (Lipinski definition) is 5. The number of halogens is 1. The van der Waals surface area contributed by atoms with E-state index >= 15 is 0 Å². The van der Waals surface area contributed by atoms with Gasteiger partial charge in [-0.05, 0) is 44.5 Å². The first-order valence-corrected chi connectivity index (χ1v) is 8.43. The minimum absolute atomic E-state index is 0.184. The van der Waals surface area contributed by atoms with Gasteiger partial charge >= 0.3 is 11.9 Å². The van der Waals surface area contributed by atoms with E-state index in [1.807, 2.05) is 4.90 Å². The SMILES string of the molecule is CCOC(=O)[C@@H]1CCCN(CN2C(=O)C(=O)c3cc(Cl)ccc32)C1. The van der Waals surface area contributed by atoms with Crippen LogP contribution in [0.15, 0.2) is 18.2 Å². The monoisotopic (exact) mass is 350 g/mol. The second-order valence-corrected chi connectivity index (χ2v) is 6.47. The zero-order valence-electron chi connectivity index (χ0n) is 13.5. The van der Waals surface area contributed by atoms with Crippen LogP contribution in [0.4, 0.5) is 5.69 Å². The van der Waals surface area contributed by atoms with Gasteiger partial charge in [0.05, 0.1) is 30.4 Å². The number of rotatable bonds is 4. The summed E-state index contributed by atoms with van der Waals surface area (Å²) in [7, 11) is 0. The molecular weight excluding hydrogens is 332 g/mol. The van der Waals surface area contributed by atoms with Crippen molar-refractivity contribution in [3.63, 3.8) is 0 Å². The molecule has 128 valence electrons. The highest BCUT2D eigenvalue weighted by molar-refractivity contribution is 6.52. The fourth-order valence-corrected chi connectivity index (χ4v) is 3.42. The Morgan fingerprint density at radius 2 is 2.17 bits per heavy atom. The second-order valence-electron chi connectivity index (χ2n) is 6.03. The number of esters is 1. The molecule has 0 N–H and O–H groups in total. The molecule has 24 heavy (non-hydrogen) atoms. The van der Waals surface area contributed by atoms with Crippen molar-refractivity contribution in [2.24, 2.45) is 5.92 Å². The Morgan fingerprint density at radius 1 is 1.38 bits per heavy atom. The summed E-state index contributed by atoms with van der Waals surface area (Å²) in [6.45, 7) is 3.74. The first-order chi connectivity index (χ1) is 11.5. The minimum atomic E-state index is -0.550. The molecule has 0 radical (unpaired) electrons. The Balaban J connectivity index is 1.73. The van der Waals surface area contributed by atoms with Crippen LogP contribution in [0.5, 0.6) is 0 Å². The summed E-state index contributed by atoms with van der Waals surface area (Å²) in [6, 6.07) is 4.87. The molecule has 0 unspecified atom stereocenters. The third kappa shape index (κ3) is 3.16. The lowest BCUT2D eigenvalue weighted by molar-refractivity contribution is -0.149. The Bertz CT molecular complexity index is 691. The highest BCUT2D eigenvalue weighted by atomic mass is 35.5. The van der Waals surface area contributed by atoms with Crippen LogP contribution < -0.4 is 4.90 Å². The third-order valence-electron chi connectivity index (χ3n) is 4.40. The quantitative estimate of drug-likeness (QED) is 0.614. The average Bonchev–Trinajstić information content (AvgIpc) is 2.80. The Hall–Kier alpha value is -1.92. The van der Waals surface area contributed by atoms with Crippen molar-refractivity contribution in [2.75, 3.05) is 31.3 Å². The summed E-state index contributed by atoms with van der Waals surface area (Å²) in [5, 5.41) is 0.428. The van der Waals surface area contributed by atoms with Gasteiger partial charge in [0, 0.05) is 11.6 Å². The van der Waals surface area contributed by atoms with Gasteiger partial charge in [0.15, 0.2) is 0 Å². The van der Waals surface area contributed by atoms with Crippen LogP contribution in [0, 0.1) is 5.92 Å². The normalized spacial score (nSPS) is 21.1. The number of carbonyl (C=O) groups excluding carboxylic acids is 3. The van der Waals surface area contributed by atoms with E-state index in [-0.39, 0.29) is 18.6 Å². The number of amides is 1. The molecule has 1 aromatic carbocycles. The van der Waals surface area contributed by atoms with Gasteiger partial charge in [-0.1, -0.05) is 11.6 Å². The molecule has 0 saturated carbocycles. The topological polar surface area (TPSA) is 66.9 Å². The summed E-state index contributed by atoms with van der Waals surface area (Å²) >= 11 is 5.92. The number of piperidine rings is 1. The number of ketones is 1. The molecule has 1 amide bonds.